The fraction of sp³-hybridized carbons (Fsp3) is 0.333. The van der Waals surface area contributed by atoms with Crippen molar-refractivity contribution in [2.45, 2.75) is 19.4 Å². The zero-order valence-corrected chi connectivity index (χ0v) is 8.94. The highest BCUT2D eigenvalue weighted by atomic mass is 16.5. The van der Waals surface area contributed by atoms with Crippen LogP contribution in [0.5, 0.6) is 0 Å². The highest BCUT2D eigenvalue weighted by Gasteiger charge is 2.29. The minimum absolute atomic E-state index is 0.103. The molecule has 1 saturated heterocycles. The van der Waals surface area contributed by atoms with Gasteiger partial charge in [-0.3, -0.25) is 14.9 Å². The van der Waals surface area contributed by atoms with Crippen molar-refractivity contribution in [1.82, 2.24) is 15.8 Å². The molecule has 1 fully saturated rings. The zero-order chi connectivity index (χ0) is 12.4. The number of urea groups is 1. The van der Waals surface area contributed by atoms with E-state index in [1.807, 2.05) is 5.32 Å². The molecule has 0 bridgehead atoms. The Bertz CT molecular complexity index is 465. The fourth-order valence-electron chi connectivity index (χ4n) is 1.41. The molecule has 0 spiro atoms. The van der Waals surface area contributed by atoms with E-state index in [1.165, 1.54) is 6.07 Å². The van der Waals surface area contributed by atoms with E-state index in [2.05, 4.69) is 15.8 Å². The number of rotatable bonds is 2. The highest BCUT2D eigenvalue weighted by Crippen LogP contribution is 2.08. The summed E-state index contributed by atoms with van der Waals surface area (Å²) in [4.78, 5) is 33.7. The summed E-state index contributed by atoms with van der Waals surface area (Å²) < 4.78 is 4.76. The number of hydrogen-bond donors (Lipinski definition) is 3. The van der Waals surface area contributed by atoms with Gasteiger partial charge in [0.05, 0.1) is 6.42 Å². The fourth-order valence-corrected chi connectivity index (χ4v) is 1.41. The van der Waals surface area contributed by atoms with Crippen LogP contribution in [-0.2, 0) is 9.59 Å². The van der Waals surface area contributed by atoms with Crippen LogP contribution in [0.2, 0.25) is 0 Å². The molecule has 1 aliphatic heterocycles. The lowest BCUT2D eigenvalue weighted by atomic mass is 10.1. The number of nitrogens with one attached hydrogen (secondary N) is 3. The second kappa shape index (κ2) is 4.24. The van der Waals surface area contributed by atoms with Crippen molar-refractivity contribution in [3.05, 3.63) is 11.8 Å². The minimum atomic E-state index is -0.895. The van der Waals surface area contributed by atoms with Gasteiger partial charge in [0.1, 0.15) is 11.8 Å². The van der Waals surface area contributed by atoms with Gasteiger partial charge in [0.25, 0.3) is 0 Å². The summed E-state index contributed by atoms with van der Waals surface area (Å²) in [5, 5.41) is 10.4. The number of amides is 4. The Morgan fingerprint density at radius 3 is 2.94 bits per heavy atom. The largest absolute Gasteiger partial charge is 0.360 e. The van der Waals surface area contributed by atoms with Gasteiger partial charge in [-0.15, -0.1) is 0 Å². The summed E-state index contributed by atoms with van der Waals surface area (Å²) in [6, 6.07) is -0.0474. The van der Waals surface area contributed by atoms with Crippen molar-refractivity contribution in [3.8, 4) is 0 Å². The van der Waals surface area contributed by atoms with Gasteiger partial charge in [0.2, 0.25) is 11.8 Å². The van der Waals surface area contributed by atoms with E-state index in [1.54, 1.807) is 6.92 Å². The first-order valence-electron chi connectivity index (χ1n) is 4.89. The number of hydrogen-bond acceptors (Lipinski definition) is 5. The Kier molecular flexibility index (Phi) is 2.77. The van der Waals surface area contributed by atoms with Gasteiger partial charge in [-0.2, -0.15) is 0 Å². The van der Waals surface area contributed by atoms with Gasteiger partial charge < -0.3 is 15.2 Å². The van der Waals surface area contributed by atoms with E-state index in [0.717, 1.165) is 0 Å². The number of carbonyl (C=O) groups excluding carboxylic acids is 3. The third-order valence-corrected chi connectivity index (χ3v) is 2.14. The lowest BCUT2D eigenvalue weighted by Gasteiger charge is -2.21. The number of anilines is 1. The number of carbonyl (C=O) groups is 3. The smallest absolute Gasteiger partial charge is 0.322 e. The average molecular weight is 238 g/mol. The van der Waals surface area contributed by atoms with E-state index < -0.39 is 23.9 Å². The number of imide groups is 1. The molecular weight excluding hydrogens is 228 g/mol. The summed E-state index contributed by atoms with van der Waals surface area (Å²) in [6.45, 7) is 1.68. The molecule has 1 aromatic rings. The van der Waals surface area contributed by atoms with Crippen molar-refractivity contribution in [1.29, 1.82) is 0 Å². The molecule has 1 aliphatic rings. The molecule has 2 heterocycles. The lowest BCUT2D eigenvalue weighted by molar-refractivity contribution is -0.126. The molecule has 1 atom stereocenters. The normalized spacial score (nSPS) is 19.5. The molecule has 0 radical (unpaired) electrons. The summed E-state index contributed by atoms with van der Waals surface area (Å²) in [6.07, 6.45) is -0.103. The van der Waals surface area contributed by atoms with E-state index in [0.29, 0.717) is 5.76 Å². The molecule has 3 N–H and O–H groups in total. The van der Waals surface area contributed by atoms with Crippen LogP contribution in [0, 0.1) is 6.92 Å². The van der Waals surface area contributed by atoms with Crippen LogP contribution in [0.15, 0.2) is 10.6 Å². The standard InChI is InChI=1S/C9H10N4O4/c1-4-2-6(13-17-4)11-8(15)5-3-7(14)12-9(16)10-5/h2,5H,3H2,1H3,(H,11,13,15)(H2,10,12,14,16). The molecule has 0 aromatic carbocycles. The van der Waals surface area contributed by atoms with Crippen molar-refractivity contribution >= 4 is 23.7 Å². The van der Waals surface area contributed by atoms with E-state index in [9.17, 15) is 14.4 Å². The second-order valence-electron chi connectivity index (χ2n) is 3.59. The van der Waals surface area contributed by atoms with Gasteiger partial charge in [-0.25, -0.2) is 4.79 Å². The molecule has 90 valence electrons. The Balaban J connectivity index is 2.00. The summed E-state index contributed by atoms with van der Waals surface area (Å²) in [7, 11) is 0. The first-order valence-corrected chi connectivity index (χ1v) is 4.89. The number of nitrogens with zero attached hydrogens (tertiary/aromatic N) is 1. The van der Waals surface area contributed by atoms with Crippen LogP contribution in [-0.4, -0.2) is 29.0 Å². The Hall–Kier alpha value is -2.38. The first-order chi connectivity index (χ1) is 8.04. The predicted octanol–water partition coefficient (Wildman–Crippen LogP) is -0.480. The summed E-state index contributed by atoms with van der Waals surface area (Å²) >= 11 is 0. The molecule has 17 heavy (non-hydrogen) atoms. The number of aryl methyl sites for hydroxylation is 1. The van der Waals surface area contributed by atoms with Gasteiger partial charge in [-0.1, -0.05) is 5.16 Å². The van der Waals surface area contributed by atoms with Crippen LogP contribution in [0.3, 0.4) is 0 Å². The molecule has 0 aliphatic carbocycles. The van der Waals surface area contributed by atoms with Crippen molar-refractivity contribution in [3.63, 3.8) is 0 Å². The maximum absolute atomic E-state index is 11.7. The summed E-state index contributed by atoms with van der Waals surface area (Å²) in [5.41, 5.74) is 0. The van der Waals surface area contributed by atoms with Gasteiger partial charge in [-0.05, 0) is 6.92 Å². The Morgan fingerprint density at radius 2 is 2.35 bits per heavy atom. The lowest BCUT2D eigenvalue weighted by Crippen LogP contribution is -2.56. The van der Waals surface area contributed by atoms with Crippen LogP contribution in [0.4, 0.5) is 10.6 Å². The van der Waals surface area contributed by atoms with Crippen molar-refractivity contribution in [2.24, 2.45) is 0 Å². The first kappa shape index (κ1) is 11.1. The van der Waals surface area contributed by atoms with E-state index >= 15 is 0 Å². The molecule has 4 amide bonds. The van der Waals surface area contributed by atoms with E-state index in [4.69, 9.17) is 4.52 Å². The minimum Gasteiger partial charge on any atom is -0.360 e. The van der Waals surface area contributed by atoms with Crippen LogP contribution < -0.4 is 16.0 Å². The highest BCUT2D eigenvalue weighted by molar-refractivity contribution is 6.05. The average Bonchev–Trinajstić information content (AvgIpc) is 2.62. The maximum Gasteiger partial charge on any atom is 0.322 e. The monoisotopic (exact) mass is 238 g/mol. The zero-order valence-electron chi connectivity index (χ0n) is 8.94. The van der Waals surface area contributed by atoms with Crippen LogP contribution in [0.1, 0.15) is 12.2 Å². The summed E-state index contributed by atoms with van der Waals surface area (Å²) in [5.74, 6) is -0.217. The SMILES string of the molecule is Cc1cc(NC(=O)C2CC(=O)NC(=O)N2)no1. The van der Waals surface area contributed by atoms with Gasteiger partial charge in [0.15, 0.2) is 5.82 Å². The maximum atomic E-state index is 11.7. The van der Waals surface area contributed by atoms with Crippen molar-refractivity contribution in [2.75, 3.05) is 5.32 Å². The van der Waals surface area contributed by atoms with Crippen LogP contribution >= 0.6 is 0 Å². The molecule has 1 aromatic heterocycles. The molecule has 1 unspecified atom stereocenters. The third-order valence-electron chi connectivity index (χ3n) is 2.14. The Labute approximate surface area is 95.7 Å². The molecule has 2 rings (SSSR count). The van der Waals surface area contributed by atoms with E-state index in [-0.39, 0.29) is 12.2 Å². The predicted molar refractivity (Wildman–Crippen MR) is 54.9 cm³/mol. The van der Waals surface area contributed by atoms with Crippen molar-refractivity contribution < 1.29 is 18.9 Å². The van der Waals surface area contributed by atoms with Gasteiger partial charge >= 0.3 is 6.03 Å². The second-order valence-corrected chi connectivity index (χ2v) is 3.59. The third kappa shape index (κ3) is 2.60. The quantitative estimate of drug-likeness (QED) is 0.644. The molecular formula is C9H10N4O4. The number of aromatic nitrogens is 1. The molecule has 8 nitrogen and oxygen atoms in total. The molecule has 0 saturated carbocycles. The Morgan fingerprint density at radius 1 is 1.59 bits per heavy atom. The van der Waals surface area contributed by atoms with Crippen LogP contribution in [0.25, 0.3) is 0 Å². The molecule has 8 heteroatoms. The topological polar surface area (TPSA) is 113 Å². The van der Waals surface area contributed by atoms with Gasteiger partial charge in [0, 0.05) is 6.07 Å².